The number of benzene rings is 1. The van der Waals surface area contributed by atoms with E-state index in [1.807, 2.05) is 6.07 Å². The van der Waals surface area contributed by atoms with Crippen LogP contribution in [0.1, 0.15) is 12.5 Å². The number of nitrogens with two attached hydrogens (primary N) is 1. The van der Waals surface area contributed by atoms with E-state index in [4.69, 9.17) is 20.5 Å². The van der Waals surface area contributed by atoms with Crippen LogP contribution in [0.4, 0.5) is 5.69 Å². The summed E-state index contributed by atoms with van der Waals surface area (Å²) in [5.41, 5.74) is 6.43. The molecule has 0 aromatic heterocycles. The fraction of sp³-hybridized carbons (Fsp3) is 0.429. The molecule has 0 aliphatic carbocycles. The van der Waals surface area contributed by atoms with E-state index in [1.54, 1.807) is 24.0 Å². The van der Waals surface area contributed by atoms with Crippen LogP contribution in [0.5, 0.6) is 5.75 Å². The van der Waals surface area contributed by atoms with Gasteiger partial charge in [0.15, 0.2) is 6.10 Å². The lowest BCUT2D eigenvalue weighted by Gasteiger charge is -2.29. The van der Waals surface area contributed by atoms with Gasteiger partial charge in [0.1, 0.15) is 11.8 Å². The molecule has 1 heterocycles. The van der Waals surface area contributed by atoms with Gasteiger partial charge in [-0.1, -0.05) is 0 Å². The molecule has 1 aromatic carbocycles. The quantitative estimate of drug-likeness (QED) is 0.823. The number of nitrogens with zero attached hydrogens (tertiary/aromatic N) is 2. The first kappa shape index (κ1) is 14.2. The number of amides is 1. The standard InChI is InChI=1S/C14H17N3O3/c1-10(14(18)17-4-6-19-7-5-17)20-13-3-2-12(16)8-11(13)9-15/h2-3,8,10H,4-7,16H2,1H3. The summed E-state index contributed by atoms with van der Waals surface area (Å²) in [4.78, 5) is 13.9. The third kappa shape index (κ3) is 3.19. The van der Waals surface area contributed by atoms with Gasteiger partial charge in [0.05, 0.1) is 18.8 Å². The van der Waals surface area contributed by atoms with E-state index in [0.29, 0.717) is 43.3 Å². The van der Waals surface area contributed by atoms with E-state index in [1.165, 1.54) is 6.07 Å². The first-order valence-corrected chi connectivity index (χ1v) is 6.44. The highest BCUT2D eigenvalue weighted by molar-refractivity contribution is 5.81. The molecule has 1 unspecified atom stereocenters. The summed E-state index contributed by atoms with van der Waals surface area (Å²) in [6.45, 7) is 3.90. The molecule has 1 atom stereocenters. The van der Waals surface area contributed by atoms with Crippen molar-refractivity contribution in [1.82, 2.24) is 4.90 Å². The number of carbonyl (C=O) groups excluding carboxylic acids is 1. The Kier molecular flexibility index (Phi) is 4.43. The summed E-state index contributed by atoms with van der Waals surface area (Å²) in [5.74, 6) is 0.268. The molecule has 2 N–H and O–H groups in total. The van der Waals surface area contributed by atoms with E-state index in [2.05, 4.69) is 0 Å². The summed E-state index contributed by atoms with van der Waals surface area (Å²) in [5, 5.41) is 9.05. The van der Waals surface area contributed by atoms with Crippen LogP contribution in [-0.4, -0.2) is 43.2 Å². The van der Waals surface area contributed by atoms with Gasteiger partial charge in [-0.2, -0.15) is 5.26 Å². The Morgan fingerprint density at radius 1 is 1.50 bits per heavy atom. The molecular formula is C14H17N3O3. The molecular weight excluding hydrogens is 258 g/mol. The van der Waals surface area contributed by atoms with E-state index in [9.17, 15) is 4.79 Å². The van der Waals surface area contributed by atoms with Gasteiger partial charge in [0, 0.05) is 18.8 Å². The number of hydrogen-bond acceptors (Lipinski definition) is 5. The molecule has 0 saturated carbocycles. The first-order valence-electron chi connectivity index (χ1n) is 6.44. The molecule has 0 radical (unpaired) electrons. The van der Waals surface area contributed by atoms with Crippen LogP contribution in [-0.2, 0) is 9.53 Å². The summed E-state index contributed by atoms with van der Waals surface area (Å²) in [7, 11) is 0. The van der Waals surface area contributed by atoms with E-state index >= 15 is 0 Å². The van der Waals surface area contributed by atoms with Crippen molar-refractivity contribution in [2.45, 2.75) is 13.0 Å². The van der Waals surface area contributed by atoms with Crippen LogP contribution in [0.3, 0.4) is 0 Å². The number of anilines is 1. The zero-order valence-electron chi connectivity index (χ0n) is 11.3. The minimum Gasteiger partial charge on any atom is -0.480 e. The van der Waals surface area contributed by atoms with Gasteiger partial charge in [-0.25, -0.2) is 0 Å². The Morgan fingerprint density at radius 3 is 2.85 bits per heavy atom. The van der Waals surface area contributed by atoms with Crippen molar-refractivity contribution in [2.24, 2.45) is 0 Å². The topological polar surface area (TPSA) is 88.6 Å². The first-order chi connectivity index (χ1) is 9.61. The molecule has 0 spiro atoms. The molecule has 6 nitrogen and oxygen atoms in total. The molecule has 1 aliphatic heterocycles. The maximum Gasteiger partial charge on any atom is 0.263 e. The normalized spacial score (nSPS) is 16.3. The molecule has 1 saturated heterocycles. The summed E-state index contributed by atoms with van der Waals surface area (Å²) >= 11 is 0. The average molecular weight is 275 g/mol. The van der Waals surface area contributed by atoms with Crippen molar-refractivity contribution >= 4 is 11.6 Å². The van der Waals surface area contributed by atoms with Crippen LogP contribution in [0.2, 0.25) is 0 Å². The second kappa shape index (κ2) is 6.26. The van der Waals surface area contributed by atoms with Gasteiger partial charge in [-0.05, 0) is 25.1 Å². The minimum absolute atomic E-state index is 0.103. The molecule has 106 valence electrons. The molecule has 2 rings (SSSR count). The second-order valence-electron chi connectivity index (χ2n) is 4.57. The van der Waals surface area contributed by atoms with Gasteiger partial charge in [0.2, 0.25) is 0 Å². The highest BCUT2D eigenvalue weighted by atomic mass is 16.5. The molecule has 0 bridgehead atoms. The van der Waals surface area contributed by atoms with Gasteiger partial charge < -0.3 is 20.1 Å². The third-order valence-electron chi connectivity index (χ3n) is 3.10. The molecule has 1 aliphatic rings. The van der Waals surface area contributed by atoms with Gasteiger partial charge in [-0.15, -0.1) is 0 Å². The van der Waals surface area contributed by atoms with Crippen molar-refractivity contribution in [3.8, 4) is 11.8 Å². The summed E-state index contributed by atoms with van der Waals surface area (Å²) in [6.07, 6.45) is -0.649. The number of rotatable bonds is 3. The second-order valence-corrected chi connectivity index (χ2v) is 4.57. The number of ether oxygens (including phenoxy) is 2. The molecule has 1 aromatic rings. The van der Waals surface area contributed by atoms with Crippen molar-refractivity contribution < 1.29 is 14.3 Å². The van der Waals surface area contributed by atoms with Crippen LogP contribution in [0.25, 0.3) is 0 Å². The monoisotopic (exact) mass is 275 g/mol. The number of carbonyl (C=O) groups is 1. The Labute approximate surface area is 117 Å². The molecule has 20 heavy (non-hydrogen) atoms. The number of morpholine rings is 1. The average Bonchev–Trinajstić information content (AvgIpc) is 2.49. The SMILES string of the molecule is CC(Oc1ccc(N)cc1C#N)C(=O)N1CCOCC1. The van der Waals surface area contributed by atoms with Crippen LogP contribution in [0, 0.1) is 11.3 Å². The van der Waals surface area contributed by atoms with Crippen LogP contribution in [0.15, 0.2) is 18.2 Å². The van der Waals surface area contributed by atoms with Crippen molar-refractivity contribution in [3.05, 3.63) is 23.8 Å². The Balaban J connectivity index is 2.05. The lowest BCUT2D eigenvalue weighted by atomic mass is 10.2. The molecule has 1 amide bonds. The van der Waals surface area contributed by atoms with Crippen LogP contribution < -0.4 is 10.5 Å². The highest BCUT2D eigenvalue weighted by Crippen LogP contribution is 2.22. The molecule has 1 fully saturated rings. The van der Waals surface area contributed by atoms with Gasteiger partial charge in [-0.3, -0.25) is 4.79 Å². The minimum atomic E-state index is -0.649. The largest absolute Gasteiger partial charge is 0.480 e. The predicted molar refractivity (Wildman–Crippen MR) is 73.1 cm³/mol. The maximum atomic E-state index is 12.2. The third-order valence-corrected chi connectivity index (χ3v) is 3.10. The van der Waals surface area contributed by atoms with Gasteiger partial charge >= 0.3 is 0 Å². The van der Waals surface area contributed by atoms with Gasteiger partial charge in [0.25, 0.3) is 5.91 Å². The fourth-order valence-electron chi connectivity index (χ4n) is 2.02. The van der Waals surface area contributed by atoms with E-state index < -0.39 is 6.10 Å². The Bertz CT molecular complexity index is 533. The van der Waals surface area contributed by atoms with E-state index in [0.717, 1.165) is 0 Å². The lowest BCUT2D eigenvalue weighted by molar-refractivity contribution is -0.142. The Morgan fingerprint density at radius 2 is 2.20 bits per heavy atom. The van der Waals surface area contributed by atoms with Crippen molar-refractivity contribution in [1.29, 1.82) is 5.26 Å². The van der Waals surface area contributed by atoms with Crippen LogP contribution >= 0.6 is 0 Å². The summed E-state index contributed by atoms with van der Waals surface area (Å²) < 4.78 is 10.8. The Hall–Kier alpha value is -2.26. The number of nitrogen functional groups attached to an aromatic ring is 1. The zero-order valence-corrected chi connectivity index (χ0v) is 11.3. The predicted octanol–water partition coefficient (Wildman–Crippen LogP) is 0.767. The number of hydrogen-bond donors (Lipinski definition) is 1. The maximum absolute atomic E-state index is 12.2. The zero-order chi connectivity index (χ0) is 14.5. The fourth-order valence-corrected chi connectivity index (χ4v) is 2.02. The highest BCUT2D eigenvalue weighted by Gasteiger charge is 2.24. The smallest absolute Gasteiger partial charge is 0.263 e. The number of nitriles is 1. The van der Waals surface area contributed by atoms with Crippen molar-refractivity contribution in [3.63, 3.8) is 0 Å². The summed E-state index contributed by atoms with van der Waals surface area (Å²) in [6, 6.07) is 6.79. The van der Waals surface area contributed by atoms with Crippen molar-refractivity contribution in [2.75, 3.05) is 32.0 Å². The molecule has 6 heteroatoms. The van der Waals surface area contributed by atoms with E-state index in [-0.39, 0.29) is 5.91 Å². The lowest BCUT2D eigenvalue weighted by Crippen LogP contribution is -2.46.